The minimum absolute atomic E-state index is 0.271. The van der Waals surface area contributed by atoms with Crippen molar-refractivity contribution in [3.63, 3.8) is 0 Å². The van der Waals surface area contributed by atoms with Crippen LogP contribution in [0.3, 0.4) is 0 Å². The second-order valence-electron chi connectivity index (χ2n) is 12.2. The van der Waals surface area contributed by atoms with Crippen molar-refractivity contribution in [3.8, 4) is 0 Å². The Hall–Kier alpha value is -1.28. The Morgan fingerprint density at radius 1 is 0.711 bits per heavy atom. The predicted molar refractivity (Wildman–Crippen MR) is 157 cm³/mol. The molecule has 38 heavy (non-hydrogen) atoms. The monoisotopic (exact) mass is 536 g/mol. The van der Waals surface area contributed by atoms with E-state index < -0.39 is 0 Å². The molecule has 0 atom stereocenters. The minimum Gasteiger partial charge on any atom is -0.380 e. The first-order chi connectivity index (χ1) is 18.1. The van der Waals surface area contributed by atoms with Gasteiger partial charge in [0.2, 0.25) is 0 Å². The first-order valence-electron chi connectivity index (χ1n) is 14.0. The molecule has 3 saturated heterocycles. The SMILES string of the molecule is C/C=C/CC/C(C)=C/COCC1(C)COC1.C=CCOCC1(C)COC1.CC(C)=CCOCC1(C)COC1. The number of ether oxygens (including phenoxy) is 6. The zero-order valence-electron chi connectivity index (χ0n) is 25.4. The summed E-state index contributed by atoms with van der Waals surface area (Å²) in [5, 5.41) is 0. The molecule has 0 bridgehead atoms. The van der Waals surface area contributed by atoms with Crippen LogP contribution in [0.15, 0.2) is 48.1 Å². The number of rotatable bonds is 15. The third kappa shape index (κ3) is 16.0. The highest BCUT2D eigenvalue weighted by atomic mass is 16.5. The Morgan fingerprint density at radius 2 is 1.13 bits per heavy atom. The van der Waals surface area contributed by atoms with Crippen molar-refractivity contribution in [1.82, 2.24) is 0 Å². The molecule has 0 aromatic carbocycles. The van der Waals surface area contributed by atoms with E-state index in [1.165, 1.54) is 11.1 Å². The summed E-state index contributed by atoms with van der Waals surface area (Å²) in [6, 6.07) is 0. The average Bonchev–Trinajstić information content (AvgIpc) is 2.82. The number of hydrogen-bond donors (Lipinski definition) is 0. The van der Waals surface area contributed by atoms with E-state index in [9.17, 15) is 0 Å². The van der Waals surface area contributed by atoms with Gasteiger partial charge in [0, 0.05) is 16.2 Å². The lowest BCUT2D eigenvalue weighted by Crippen LogP contribution is -2.43. The van der Waals surface area contributed by atoms with E-state index in [1.54, 1.807) is 6.08 Å². The summed E-state index contributed by atoms with van der Waals surface area (Å²) in [6.45, 7) is 28.1. The fourth-order valence-corrected chi connectivity index (χ4v) is 3.61. The molecule has 0 aromatic heterocycles. The molecule has 3 heterocycles. The molecular formula is C32H56O6. The van der Waals surface area contributed by atoms with Crippen LogP contribution in [0.1, 0.15) is 61.3 Å². The molecule has 0 aliphatic carbocycles. The number of allylic oxidation sites excluding steroid dienone is 4. The summed E-state index contributed by atoms with van der Waals surface area (Å²) in [7, 11) is 0. The quantitative estimate of drug-likeness (QED) is 0.174. The van der Waals surface area contributed by atoms with E-state index in [0.29, 0.717) is 6.61 Å². The Balaban J connectivity index is 0.000000294. The van der Waals surface area contributed by atoms with Crippen molar-refractivity contribution in [3.05, 3.63) is 48.1 Å². The van der Waals surface area contributed by atoms with Crippen molar-refractivity contribution < 1.29 is 28.4 Å². The van der Waals surface area contributed by atoms with Crippen LogP contribution < -0.4 is 0 Å². The van der Waals surface area contributed by atoms with Gasteiger partial charge in [-0.1, -0.05) is 62.3 Å². The summed E-state index contributed by atoms with van der Waals surface area (Å²) >= 11 is 0. The third-order valence-electron chi connectivity index (χ3n) is 6.39. The van der Waals surface area contributed by atoms with Gasteiger partial charge in [-0.3, -0.25) is 0 Å². The van der Waals surface area contributed by atoms with E-state index in [2.05, 4.69) is 79.3 Å². The lowest BCUT2D eigenvalue weighted by molar-refractivity contribution is -0.135. The Bertz CT molecular complexity index is 722. The van der Waals surface area contributed by atoms with Gasteiger partial charge >= 0.3 is 0 Å². The normalized spacial score (nSPS) is 20.4. The summed E-state index contributed by atoms with van der Waals surface area (Å²) in [5.41, 5.74) is 3.56. The van der Waals surface area contributed by atoms with Crippen LogP contribution in [0.4, 0.5) is 0 Å². The first kappa shape index (κ1) is 34.7. The lowest BCUT2D eigenvalue weighted by atomic mass is 9.90. The van der Waals surface area contributed by atoms with Crippen LogP contribution in [0.25, 0.3) is 0 Å². The zero-order valence-corrected chi connectivity index (χ0v) is 25.4. The molecule has 3 aliphatic rings. The molecular weight excluding hydrogens is 480 g/mol. The Kier molecular flexibility index (Phi) is 17.3. The molecule has 0 radical (unpaired) electrons. The molecule has 3 fully saturated rings. The standard InChI is InChI=1S/C14H24O2.C10H18O2.C8H14O2/c1-4-5-6-7-13(2)8-9-15-10-14(3)11-16-12-14;1-9(2)4-5-11-6-10(3)7-12-8-10;1-3-4-9-5-8(2)6-10-7-8/h4-5,8H,6-7,9-12H2,1-3H3;4H,5-8H2,1-3H3;3H,1,4-7H2,2H3/b5-4+,13-8+;;. The first-order valence-corrected chi connectivity index (χ1v) is 14.0. The van der Waals surface area contributed by atoms with Crippen LogP contribution in [0, 0.1) is 16.2 Å². The molecule has 220 valence electrons. The Labute approximate surface area is 233 Å². The van der Waals surface area contributed by atoms with Crippen molar-refractivity contribution in [2.75, 3.05) is 79.3 Å². The average molecular weight is 537 g/mol. The van der Waals surface area contributed by atoms with E-state index >= 15 is 0 Å². The third-order valence-corrected chi connectivity index (χ3v) is 6.39. The van der Waals surface area contributed by atoms with Crippen LogP contribution in [-0.4, -0.2) is 79.3 Å². The summed E-state index contributed by atoms with van der Waals surface area (Å²) in [5.74, 6) is 0. The smallest absolute Gasteiger partial charge is 0.0650 e. The highest BCUT2D eigenvalue weighted by Gasteiger charge is 2.34. The number of hydrogen-bond acceptors (Lipinski definition) is 6. The molecule has 6 nitrogen and oxygen atoms in total. The van der Waals surface area contributed by atoms with Gasteiger partial charge in [-0.2, -0.15) is 0 Å². The fraction of sp³-hybridized carbons (Fsp3) is 0.750. The highest BCUT2D eigenvalue weighted by molar-refractivity contribution is 5.00. The molecule has 3 aliphatic heterocycles. The summed E-state index contributed by atoms with van der Waals surface area (Å²) in [4.78, 5) is 0. The van der Waals surface area contributed by atoms with Gasteiger partial charge in [0.1, 0.15) is 0 Å². The minimum atomic E-state index is 0.271. The van der Waals surface area contributed by atoms with Crippen molar-refractivity contribution in [2.24, 2.45) is 16.2 Å². The topological polar surface area (TPSA) is 55.4 Å². The second kappa shape index (κ2) is 18.9. The maximum absolute atomic E-state index is 5.64. The predicted octanol–water partition coefficient (Wildman–Crippen LogP) is 6.57. The van der Waals surface area contributed by atoms with Gasteiger partial charge < -0.3 is 28.4 Å². The fourth-order valence-electron chi connectivity index (χ4n) is 3.61. The second-order valence-corrected chi connectivity index (χ2v) is 12.2. The van der Waals surface area contributed by atoms with Crippen molar-refractivity contribution in [1.29, 1.82) is 0 Å². The van der Waals surface area contributed by atoms with Gasteiger partial charge in [-0.25, -0.2) is 0 Å². The summed E-state index contributed by atoms with van der Waals surface area (Å²) < 4.78 is 31.8. The van der Waals surface area contributed by atoms with Gasteiger partial charge in [-0.15, -0.1) is 6.58 Å². The molecule has 6 heteroatoms. The molecule has 0 unspecified atom stereocenters. The van der Waals surface area contributed by atoms with Gasteiger partial charge in [0.05, 0.1) is 79.3 Å². The van der Waals surface area contributed by atoms with E-state index in [0.717, 1.165) is 85.5 Å². The van der Waals surface area contributed by atoms with Crippen molar-refractivity contribution >= 4 is 0 Å². The Morgan fingerprint density at radius 3 is 1.47 bits per heavy atom. The van der Waals surface area contributed by atoms with Crippen LogP contribution >= 0.6 is 0 Å². The molecule has 3 rings (SSSR count). The summed E-state index contributed by atoms with van der Waals surface area (Å²) in [6.07, 6.45) is 12.6. The maximum Gasteiger partial charge on any atom is 0.0650 e. The molecule has 0 aromatic rings. The zero-order chi connectivity index (χ0) is 28.3. The van der Waals surface area contributed by atoms with Gasteiger partial charge in [-0.05, 0) is 40.5 Å². The van der Waals surface area contributed by atoms with Crippen LogP contribution in [0.5, 0.6) is 0 Å². The van der Waals surface area contributed by atoms with Crippen molar-refractivity contribution in [2.45, 2.75) is 61.3 Å². The molecule has 0 spiro atoms. The lowest BCUT2D eigenvalue weighted by Gasteiger charge is -2.37. The largest absolute Gasteiger partial charge is 0.380 e. The van der Waals surface area contributed by atoms with Crippen LogP contribution in [0.2, 0.25) is 0 Å². The molecule has 0 amide bonds. The van der Waals surface area contributed by atoms with E-state index in [-0.39, 0.29) is 16.2 Å². The van der Waals surface area contributed by atoms with Gasteiger partial charge in [0.15, 0.2) is 0 Å². The highest BCUT2D eigenvalue weighted by Crippen LogP contribution is 2.27. The van der Waals surface area contributed by atoms with E-state index in [4.69, 9.17) is 28.4 Å². The van der Waals surface area contributed by atoms with E-state index in [1.807, 2.05) is 0 Å². The van der Waals surface area contributed by atoms with Gasteiger partial charge in [0.25, 0.3) is 0 Å². The van der Waals surface area contributed by atoms with Crippen LogP contribution in [-0.2, 0) is 28.4 Å². The molecule has 0 saturated carbocycles. The molecule has 0 N–H and O–H groups in total. The maximum atomic E-state index is 5.64.